The molecule has 1 N–H and O–H groups in total. The Morgan fingerprint density at radius 2 is 1.63 bits per heavy atom. The molecule has 0 radical (unpaired) electrons. The average molecular weight is 449 g/mol. The molecule has 2 aromatic carbocycles. The molecule has 162 valence electrons. The number of nitrogens with one attached hydrogen (secondary N) is 1. The summed E-state index contributed by atoms with van der Waals surface area (Å²) in [4.78, 5) is 27.7. The average Bonchev–Trinajstić information content (AvgIpc) is 2.68. The minimum atomic E-state index is -0.592. The SMILES string of the molecule is CC[C@@H](C(=O)NC(C)C)N(Cc1c(Cl)cccc1Cl)C(=O)CCc1ccc(C)cc1. The highest BCUT2D eigenvalue weighted by atomic mass is 35.5. The number of benzene rings is 2. The van der Waals surface area contributed by atoms with Gasteiger partial charge in [0.05, 0.1) is 0 Å². The predicted octanol–water partition coefficient (Wildman–Crippen LogP) is 5.57. The third kappa shape index (κ3) is 6.75. The van der Waals surface area contributed by atoms with E-state index in [-0.39, 0.29) is 24.4 Å². The second kappa shape index (κ2) is 11.4. The smallest absolute Gasteiger partial charge is 0.243 e. The van der Waals surface area contributed by atoms with E-state index in [0.717, 1.165) is 5.56 Å². The molecule has 0 saturated heterocycles. The molecule has 2 rings (SSSR count). The first-order valence-electron chi connectivity index (χ1n) is 10.3. The van der Waals surface area contributed by atoms with Crippen LogP contribution in [0.15, 0.2) is 42.5 Å². The van der Waals surface area contributed by atoms with Gasteiger partial charge in [-0.15, -0.1) is 0 Å². The highest BCUT2D eigenvalue weighted by molar-refractivity contribution is 6.36. The maximum Gasteiger partial charge on any atom is 0.243 e. The zero-order chi connectivity index (χ0) is 22.3. The van der Waals surface area contributed by atoms with Gasteiger partial charge >= 0.3 is 0 Å². The maximum absolute atomic E-state index is 13.3. The molecule has 0 heterocycles. The van der Waals surface area contributed by atoms with Crippen LogP contribution in [0.2, 0.25) is 10.0 Å². The van der Waals surface area contributed by atoms with Crippen molar-refractivity contribution in [3.05, 3.63) is 69.2 Å². The Morgan fingerprint density at radius 1 is 1.03 bits per heavy atom. The lowest BCUT2D eigenvalue weighted by Crippen LogP contribution is -2.50. The summed E-state index contributed by atoms with van der Waals surface area (Å²) in [5, 5.41) is 3.89. The molecule has 0 aliphatic heterocycles. The lowest BCUT2D eigenvalue weighted by atomic mass is 10.0. The van der Waals surface area contributed by atoms with Gasteiger partial charge in [-0.05, 0) is 51.3 Å². The lowest BCUT2D eigenvalue weighted by Gasteiger charge is -2.31. The number of carbonyl (C=O) groups is 2. The molecule has 4 nitrogen and oxygen atoms in total. The number of amides is 2. The van der Waals surface area contributed by atoms with E-state index in [9.17, 15) is 9.59 Å². The standard InChI is InChI=1S/C24H30Cl2N2O2/c1-5-22(24(30)27-16(2)3)28(15-19-20(25)7-6-8-21(19)26)23(29)14-13-18-11-9-17(4)10-12-18/h6-12,16,22H,5,13-15H2,1-4H3,(H,27,30)/t22-/m0/s1. The lowest BCUT2D eigenvalue weighted by molar-refractivity contribution is -0.141. The van der Waals surface area contributed by atoms with E-state index >= 15 is 0 Å². The summed E-state index contributed by atoms with van der Waals surface area (Å²) in [5.41, 5.74) is 2.92. The monoisotopic (exact) mass is 448 g/mol. The quantitative estimate of drug-likeness (QED) is 0.545. The minimum absolute atomic E-state index is 0.0139. The first-order valence-corrected chi connectivity index (χ1v) is 11.1. The van der Waals surface area contributed by atoms with Crippen LogP contribution in [0.5, 0.6) is 0 Å². The van der Waals surface area contributed by atoms with Crippen LogP contribution in [0.25, 0.3) is 0 Å². The van der Waals surface area contributed by atoms with E-state index in [1.54, 1.807) is 23.1 Å². The molecule has 2 amide bonds. The molecule has 6 heteroatoms. The van der Waals surface area contributed by atoms with Gasteiger partial charge in [0.25, 0.3) is 0 Å². The molecule has 0 unspecified atom stereocenters. The van der Waals surface area contributed by atoms with Crippen LogP contribution in [0.1, 0.15) is 50.3 Å². The molecular weight excluding hydrogens is 419 g/mol. The van der Waals surface area contributed by atoms with Crippen molar-refractivity contribution in [1.29, 1.82) is 0 Å². The Kier molecular flexibility index (Phi) is 9.19. The van der Waals surface area contributed by atoms with Gasteiger partial charge in [-0.3, -0.25) is 9.59 Å². The number of hydrogen-bond donors (Lipinski definition) is 1. The van der Waals surface area contributed by atoms with Crippen LogP contribution in [0, 0.1) is 6.92 Å². The maximum atomic E-state index is 13.3. The van der Waals surface area contributed by atoms with Crippen molar-refractivity contribution in [3.8, 4) is 0 Å². The summed E-state index contributed by atoms with van der Waals surface area (Å²) in [6.07, 6.45) is 1.40. The van der Waals surface area contributed by atoms with Crippen LogP contribution in [-0.2, 0) is 22.6 Å². The van der Waals surface area contributed by atoms with Gasteiger partial charge in [-0.2, -0.15) is 0 Å². The van der Waals surface area contributed by atoms with Gasteiger partial charge in [0.15, 0.2) is 0 Å². The van der Waals surface area contributed by atoms with Crippen molar-refractivity contribution in [1.82, 2.24) is 10.2 Å². The summed E-state index contributed by atoms with van der Waals surface area (Å²) < 4.78 is 0. The third-order valence-electron chi connectivity index (χ3n) is 4.96. The van der Waals surface area contributed by atoms with E-state index in [4.69, 9.17) is 23.2 Å². The van der Waals surface area contributed by atoms with Crippen LogP contribution in [0.4, 0.5) is 0 Å². The second-order valence-electron chi connectivity index (χ2n) is 7.79. The third-order valence-corrected chi connectivity index (χ3v) is 5.66. The molecule has 1 atom stereocenters. The Balaban J connectivity index is 2.27. The second-order valence-corrected chi connectivity index (χ2v) is 8.61. The van der Waals surface area contributed by atoms with Gasteiger partial charge in [0.2, 0.25) is 11.8 Å². The number of nitrogens with zero attached hydrogens (tertiary/aromatic N) is 1. The van der Waals surface area contributed by atoms with Crippen LogP contribution < -0.4 is 5.32 Å². The van der Waals surface area contributed by atoms with Gasteiger partial charge in [-0.1, -0.05) is 66.0 Å². The number of aryl methyl sites for hydroxylation is 2. The molecule has 0 bridgehead atoms. The Bertz CT molecular complexity index is 846. The van der Waals surface area contributed by atoms with Gasteiger partial charge < -0.3 is 10.2 Å². The zero-order valence-corrected chi connectivity index (χ0v) is 19.6. The first kappa shape index (κ1) is 24.2. The molecule has 0 saturated carbocycles. The first-order chi connectivity index (χ1) is 14.2. The Labute approximate surface area is 189 Å². The van der Waals surface area contributed by atoms with E-state index in [0.29, 0.717) is 34.9 Å². The van der Waals surface area contributed by atoms with E-state index < -0.39 is 6.04 Å². The molecular formula is C24H30Cl2N2O2. The van der Waals surface area contributed by atoms with Crippen molar-refractivity contribution >= 4 is 35.0 Å². The van der Waals surface area contributed by atoms with Gasteiger partial charge in [-0.25, -0.2) is 0 Å². The molecule has 0 spiro atoms. The van der Waals surface area contributed by atoms with E-state index in [1.807, 2.05) is 52.0 Å². The predicted molar refractivity (Wildman–Crippen MR) is 124 cm³/mol. The van der Waals surface area contributed by atoms with Crippen LogP contribution >= 0.6 is 23.2 Å². The fourth-order valence-corrected chi connectivity index (χ4v) is 3.82. The Morgan fingerprint density at radius 3 is 2.17 bits per heavy atom. The number of hydrogen-bond acceptors (Lipinski definition) is 2. The highest BCUT2D eigenvalue weighted by Crippen LogP contribution is 2.27. The number of halogens is 2. The fourth-order valence-electron chi connectivity index (χ4n) is 3.30. The largest absolute Gasteiger partial charge is 0.352 e. The summed E-state index contributed by atoms with van der Waals surface area (Å²) in [6, 6.07) is 12.8. The number of carbonyl (C=O) groups excluding carboxylic acids is 2. The summed E-state index contributed by atoms with van der Waals surface area (Å²) in [5.74, 6) is -0.267. The minimum Gasteiger partial charge on any atom is -0.352 e. The van der Waals surface area contributed by atoms with Crippen molar-refractivity contribution in [2.24, 2.45) is 0 Å². The molecule has 0 aromatic heterocycles. The molecule has 30 heavy (non-hydrogen) atoms. The van der Waals surface area contributed by atoms with Crippen LogP contribution in [-0.4, -0.2) is 28.8 Å². The normalized spacial score (nSPS) is 12.0. The molecule has 0 aliphatic rings. The van der Waals surface area contributed by atoms with Crippen LogP contribution in [0.3, 0.4) is 0 Å². The Hall–Kier alpha value is -2.04. The highest BCUT2D eigenvalue weighted by Gasteiger charge is 2.29. The summed E-state index contributed by atoms with van der Waals surface area (Å²) in [6.45, 7) is 7.93. The van der Waals surface area contributed by atoms with Crippen molar-refractivity contribution in [2.75, 3.05) is 0 Å². The molecule has 2 aromatic rings. The van der Waals surface area contributed by atoms with Crippen molar-refractivity contribution in [2.45, 2.75) is 65.6 Å². The molecule has 0 aliphatic carbocycles. The zero-order valence-electron chi connectivity index (χ0n) is 18.0. The van der Waals surface area contributed by atoms with Gasteiger partial charge in [0.1, 0.15) is 6.04 Å². The fraction of sp³-hybridized carbons (Fsp3) is 0.417. The van der Waals surface area contributed by atoms with E-state index in [1.165, 1.54) is 5.56 Å². The van der Waals surface area contributed by atoms with E-state index in [2.05, 4.69) is 5.32 Å². The summed E-state index contributed by atoms with van der Waals surface area (Å²) in [7, 11) is 0. The molecule has 0 fully saturated rings. The number of rotatable bonds is 9. The van der Waals surface area contributed by atoms with Crippen molar-refractivity contribution < 1.29 is 9.59 Å². The summed E-state index contributed by atoms with van der Waals surface area (Å²) >= 11 is 12.7. The van der Waals surface area contributed by atoms with Gasteiger partial charge in [0, 0.05) is 34.6 Å². The van der Waals surface area contributed by atoms with Crippen molar-refractivity contribution in [3.63, 3.8) is 0 Å². The topological polar surface area (TPSA) is 49.4 Å².